The lowest BCUT2D eigenvalue weighted by Crippen LogP contribution is -2.49. The monoisotopic (exact) mass is 369 g/mol. The van der Waals surface area contributed by atoms with E-state index in [2.05, 4.69) is 15.3 Å². The zero-order chi connectivity index (χ0) is 18.3. The van der Waals surface area contributed by atoms with Crippen LogP contribution in [-0.2, 0) is 4.79 Å². The first-order valence-electron chi connectivity index (χ1n) is 10.9. The summed E-state index contributed by atoms with van der Waals surface area (Å²) < 4.78 is 5.86. The number of ether oxygens (including phenoxy) is 1. The predicted molar refractivity (Wildman–Crippen MR) is 102 cm³/mol. The van der Waals surface area contributed by atoms with Crippen LogP contribution in [-0.4, -0.2) is 28.0 Å². The molecule has 27 heavy (non-hydrogen) atoms. The molecule has 0 aliphatic heterocycles. The average molecular weight is 370 g/mol. The van der Waals surface area contributed by atoms with Gasteiger partial charge in [-0.25, -0.2) is 9.97 Å². The molecular weight excluding hydrogens is 338 g/mol. The molecule has 5 saturated carbocycles. The number of nitrogens with one attached hydrogen (secondary N) is 1. The van der Waals surface area contributed by atoms with Crippen LogP contribution in [0.25, 0.3) is 0 Å². The number of rotatable bonds is 5. The maximum atomic E-state index is 12.8. The second kappa shape index (κ2) is 7.06. The smallest absolute Gasteiger partial charge is 0.316 e. The molecule has 1 heterocycles. The molecule has 0 spiro atoms. The fourth-order valence-corrected chi connectivity index (χ4v) is 6.95. The highest BCUT2D eigenvalue weighted by Gasteiger charge is 2.51. The standard InChI is InChI=1S/C22H31N3O2/c26-20(14-22-11-15-8-16(12-22)10-17(9-15)13-22)25-18-2-4-19(5-3-18)27-21-23-6-1-7-24-21/h1,6-7,15-19H,2-5,8-14H2,(H,25,26). The van der Waals surface area contributed by atoms with Crippen molar-refractivity contribution in [3.05, 3.63) is 18.5 Å². The zero-order valence-corrected chi connectivity index (χ0v) is 16.1. The Kier molecular flexibility index (Phi) is 4.57. The Morgan fingerprint density at radius 1 is 1.00 bits per heavy atom. The Bertz CT molecular complexity index is 634. The first kappa shape index (κ1) is 17.4. The maximum absolute atomic E-state index is 12.8. The number of amides is 1. The van der Waals surface area contributed by atoms with Gasteiger partial charge in [-0.05, 0) is 93.4 Å². The fraction of sp³-hybridized carbons (Fsp3) is 0.773. The van der Waals surface area contributed by atoms with E-state index in [1.54, 1.807) is 18.5 Å². The number of aromatic nitrogens is 2. The second-order valence-corrected chi connectivity index (χ2v) is 9.78. The molecule has 5 nitrogen and oxygen atoms in total. The Morgan fingerprint density at radius 3 is 2.19 bits per heavy atom. The van der Waals surface area contributed by atoms with E-state index in [0.717, 1.165) is 49.9 Å². The molecule has 0 unspecified atom stereocenters. The quantitative estimate of drug-likeness (QED) is 0.855. The molecule has 0 aromatic carbocycles. The molecule has 0 radical (unpaired) electrons. The zero-order valence-electron chi connectivity index (χ0n) is 16.1. The van der Waals surface area contributed by atoms with Crippen LogP contribution >= 0.6 is 0 Å². The molecule has 0 saturated heterocycles. The molecule has 5 aliphatic rings. The molecule has 1 N–H and O–H groups in total. The largest absolute Gasteiger partial charge is 0.460 e. The van der Waals surface area contributed by atoms with Crippen molar-refractivity contribution >= 4 is 5.91 Å². The number of hydrogen-bond acceptors (Lipinski definition) is 4. The van der Waals surface area contributed by atoms with Gasteiger partial charge in [0.2, 0.25) is 5.91 Å². The van der Waals surface area contributed by atoms with Gasteiger partial charge in [-0.3, -0.25) is 4.79 Å². The Labute approximate surface area is 161 Å². The minimum Gasteiger partial charge on any atom is -0.460 e. The summed E-state index contributed by atoms with van der Waals surface area (Å²) in [7, 11) is 0. The Balaban J connectivity index is 1.10. The van der Waals surface area contributed by atoms with Crippen molar-refractivity contribution < 1.29 is 9.53 Å². The van der Waals surface area contributed by atoms with E-state index >= 15 is 0 Å². The van der Waals surface area contributed by atoms with Gasteiger partial charge < -0.3 is 10.1 Å². The summed E-state index contributed by atoms with van der Waals surface area (Å²) in [6.07, 6.45) is 16.5. The van der Waals surface area contributed by atoms with E-state index in [1.807, 2.05) is 0 Å². The summed E-state index contributed by atoms with van der Waals surface area (Å²) in [4.78, 5) is 21.1. The third-order valence-electron chi connectivity index (χ3n) is 7.55. The first-order valence-corrected chi connectivity index (χ1v) is 10.9. The summed E-state index contributed by atoms with van der Waals surface area (Å²) in [6, 6.07) is 2.57. The van der Waals surface area contributed by atoms with Crippen molar-refractivity contribution in [2.45, 2.75) is 82.8 Å². The molecule has 5 heteroatoms. The fourth-order valence-electron chi connectivity index (χ4n) is 6.95. The van der Waals surface area contributed by atoms with Gasteiger partial charge in [0.1, 0.15) is 6.10 Å². The summed E-state index contributed by atoms with van der Waals surface area (Å²) >= 11 is 0. The van der Waals surface area contributed by atoms with Crippen molar-refractivity contribution in [1.82, 2.24) is 15.3 Å². The highest BCUT2D eigenvalue weighted by Crippen LogP contribution is 2.61. The van der Waals surface area contributed by atoms with Crippen LogP contribution in [0.4, 0.5) is 0 Å². The molecular formula is C22H31N3O2. The summed E-state index contributed by atoms with van der Waals surface area (Å²) in [5.74, 6) is 3.04. The molecule has 0 atom stereocenters. The maximum Gasteiger partial charge on any atom is 0.316 e. The molecule has 5 fully saturated rings. The van der Waals surface area contributed by atoms with Gasteiger partial charge in [0.25, 0.3) is 0 Å². The second-order valence-electron chi connectivity index (χ2n) is 9.78. The average Bonchev–Trinajstić information content (AvgIpc) is 2.62. The molecule has 1 aromatic rings. The Hall–Kier alpha value is -1.65. The van der Waals surface area contributed by atoms with Gasteiger partial charge >= 0.3 is 6.01 Å². The van der Waals surface area contributed by atoms with Crippen LogP contribution < -0.4 is 10.1 Å². The van der Waals surface area contributed by atoms with Gasteiger partial charge in [-0.15, -0.1) is 0 Å². The van der Waals surface area contributed by atoms with Gasteiger partial charge in [-0.1, -0.05) is 0 Å². The van der Waals surface area contributed by atoms with Gasteiger partial charge in [-0.2, -0.15) is 0 Å². The number of carbonyl (C=O) groups excluding carboxylic acids is 1. The van der Waals surface area contributed by atoms with Crippen LogP contribution in [0.2, 0.25) is 0 Å². The van der Waals surface area contributed by atoms with Gasteiger partial charge in [0.15, 0.2) is 0 Å². The van der Waals surface area contributed by atoms with Gasteiger partial charge in [0, 0.05) is 24.9 Å². The van der Waals surface area contributed by atoms with Crippen LogP contribution in [0.1, 0.15) is 70.6 Å². The summed E-state index contributed by atoms with van der Waals surface area (Å²) in [5.41, 5.74) is 0.337. The summed E-state index contributed by atoms with van der Waals surface area (Å²) in [6.45, 7) is 0. The van der Waals surface area contributed by atoms with Crippen molar-refractivity contribution in [1.29, 1.82) is 0 Å². The lowest BCUT2D eigenvalue weighted by Gasteiger charge is -2.56. The first-order chi connectivity index (χ1) is 13.2. The Morgan fingerprint density at radius 2 is 1.59 bits per heavy atom. The van der Waals surface area contributed by atoms with E-state index in [4.69, 9.17) is 4.74 Å². The van der Waals surface area contributed by atoms with Gasteiger partial charge in [0.05, 0.1) is 0 Å². The van der Waals surface area contributed by atoms with Crippen LogP contribution in [0.15, 0.2) is 18.5 Å². The van der Waals surface area contributed by atoms with E-state index < -0.39 is 0 Å². The van der Waals surface area contributed by atoms with E-state index in [-0.39, 0.29) is 6.10 Å². The number of carbonyl (C=O) groups is 1. The van der Waals surface area contributed by atoms with Crippen LogP contribution in [0.5, 0.6) is 6.01 Å². The minimum absolute atomic E-state index is 0.170. The van der Waals surface area contributed by atoms with E-state index in [9.17, 15) is 4.79 Å². The van der Waals surface area contributed by atoms with E-state index in [1.165, 1.54) is 38.5 Å². The third kappa shape index (κ3) is 3.83. The van der Waals surface area contributed by atoms with Crippen LogP contribution in [0.3, 0.4) is 0 Å². The SMILES string of the molecule is O=C(CC12CC3CC(CC(C3)C1)C2)NC1CCC(Oc2ncccn2)CC1. The van der Waals surface area contributed by atoms with Crippen molar-refractivity contribution in [2.24, 2.45) is 23.2 Å². The van der Waals surface area contributed by atoms with Crippen molar-refractivity contribution in [3.8, 4) is 6.01 Å². The number of hydrogen-bond donors (Lipinski definition) is 1. The number of nitrogens with zero attached hydrogens (tertiary/aromatic N) is 2. The minimum atomic E-state index is 0.170. The molecule has 6 rings (SSSR count). The molecule has 5 aliphatic carbocycles. The predicted octanol–water partition coefficient (Wildman–Crippen LogP) is 3.89. The molecule has 4 bridgehead atoms. The molecule has 146 valence electrons. The molecule has 1 aromatic heterocycles. The normalized spacial score (nSPS) is 39.9. The third-order valence-corrected chi connectivity index (χ3v) is 7.55. The van der Waals surface area contributed by atoms with Crippen molar-refractivity contribution in [3.63, 3.8) is 0 Å². The van der Waals surface area contributed by atoms with Crippen LogP contribution in [0, 0.1) is 23.2 Å². The topological polar surface area (TPSA) is 64.1 Å². The van der Waals surface area contributed by atoms with Crippen molar-refractivity contribution in [2.75, 3.05) is 0 Å². The summed E-state index contributed by atoms with van der Waals surface area (Å²) in [5, 5.41) is 3.35. The molecule has 1 amide bonds. The highest BCUT2D eigenvalue weighted by molar-refractivity contribution is 5.77. The highest BCUT2D eigenvalue weighted by atomic mass is 16.5. The lowest BCUT2D eigenvalue weighted by molar-refractivity contribution is -0.130. The lowest BCUT2D eigenvalue weighted by atomic mass is 9.49. The van der Waals surface area contributed by atoms with E-state index in [0.29, 0.717) is 23.4 Å².